The molecule has 1 fully saturated rings. The zero-order valence-electron chi connectivity index (χ0n) is 18.2. The predicted octanol–water partition coefficient (Wildman–Crippen LogP) is 4.56. The molecule has 8 nitrogen and oxygen atoms in total. The number of benzene rings is 2. The van der Waals surface area contributed by atoms with Gasteiger partial charge in [-0.1, -0.05) is 23.9 Å². The van der Waals surface area contributed by atoms with Crippen LogP contribution < -0.4 is 0 Å². The Balaban J connectivity index is 1.75. The molecule has 12 heteroatoms. The summed E-state index contributed by atoms with van der Waals surface area (Å²) < 4.78 is 49.6. The standard InChI is InChI=1S/C22H21F3N2O6S/c1-13-10-26(11-14(2)33-13)20(28)12-32-21(29)16-5-3-4-6-18(16)34-19-8-7-15(22(23,24)25)9-17(19)27(30)31/h3-9,13-14H,10-12H2,1-2H3/t13-,14+. The van der Waals surface area contributed by atoms with Crippen LogP contribution in [-0.2, 0) is 20.4 Å². The van der Waals surface area contributed by atoms with Gasteiger partial charge in [0.2, 0.25) is 0 Å². The molecule has 2 aromatic rings. The van der Waals surface area contributed by atoms with Crippen LogP contribution in [0.25, 0.3) is 0 Å². The Morgan fingerprint density at radius 3 is 2.41 bits per heavy atom. The first-order chi connectivity index (χ1) is 16.0. The summed E-state index contributed by atoms with van der Waals surface area (Å²) in [4.78, 5) is 37.3. The Kier molecular flexibility index (Phi) is 7.82. The van der Waals surface area contributed by atoms with Crippen molar-refractivity contribution in [2.24, 2.45) is 0 Å². The summed E-state index contributed by atoms with van der Waals surface area (Å²) in [6.07, 6.45) is -5.04. The molecule has 2 atom stereocenters. The average Bonchev–Trinajstić information content (AvgIpc) is 2.76. The SMILES string of the molecule is C[C@@H]1CN(C(=O)COC(=O)c2ccccc2Sc2ccc(C(F)(F)F)cc2[N+](=O)[O-])C[C@H](C)O1. The topological polar surface area (TPSA) is 99.0 Å². The zero-order chi connectivity index (χ0) is 25.0. The molecule has 1 aliphatic rings. The number of ether oxygens (including phenoxy) is 2. The molecule has 0 N–H and O–H groups in total. The van der Waals surface area contributed by atoms with Crippen LogP contribution >= 0.6 is 11.8 Å². The van der Waals surface area contributed by atoms with Gasteiger partial charge < -0.3 is 14.4 Å². The van der Waals surface area contributed by atoms with Gasteiger partial charge in [0.1, 0.15) is 0 Å². The van der Waals surface area contributed by atoms with E-state index in [1.54, 1.807) is 11.0 Å². The number of esters is 1. The molecule has 1 saturated heterocycles. The van der Waals surface area contributed by atoms with E-state index in [1.165, 1.54) is 18.2 Å². The maximum absolute atomic E-state index is 13.0. The minimum absolute atomic E-state index is 0.0261. The van der Waals surface area contributed by atoms with Gasteiger partial charge in [-0.05, 0) is 38.1 Å². The van der Waals surface area contributed by atoms with E-state index in [1.807, 2.05) is 13.8 Å². The van der Waals surface area contributed by atoms with Crippen LogP contribution in [0.1, 0.15) is 29.8 Å². The third kappa shape index (κ3) is 6.26. The number of nitro benzene ring substituents is 1. The molecule has 1 amide bonds. The molecule has 0 spiro atoms. The minimum Gasteiger partial charge on any atom is -0.452 e. The molecule has 0 radical (unpaired) electrons. The maximum Gasteiger partial charge on any atom is 0.416 e. The van der Waals surface area contributed by atoms with Crippen LogP contribution in [0.3, 0.4) is 0 Å². The first-order valence-electron chi connectivity index (χ1n) is 10.2. The number of carbonyl (C=O) groups excluding carboxylic acids is 2. The number of morpholine rings is 1. The summed E-state index contributed by atoms with van der Waals surface area (Å²) in [6, 6.07) is 8.16. The van der Waals surface area contributed by atoms with Gasteiger partial charge in [0, 0.05) is 24.1 Å². The van der Waals surface area contributed by atoms with Crippen molar-refractivity contribution in [2.75, 3.05) is 19.7 Å². The largest absolute Gasteiger partial charge is 0.452 e. The molecular formula is C22H21F3N2O6S. The summed E-state index contributed by atoms with van der Waals surface area (Å²) in [7, 11) is 0. The lowest BCUT2D eigenvalue weighted by Crippen LogP contribution is -2.49. The summed E-state index contributed by atoms with van der Waals surface area (Å²) in [5, 5.41) is 11.4. The number of alkyl halides is 3. The molecule has 34 heavy (non-hydrogen) atoms. The summed E-state index contributed by atoms with van der Waals surface area (Å²) in [5.41, 5.74) is -1.87. The molecule has 0 unspecified atom stereocenters. The van der Waals surface area contributed by atoms with E-state index in [0.717, 1.165) is 23.9 Å². The monoisotopic (exact) mass is 498 g/mol. The second-order valence-electron chi connectivity index (χ2n) is 7.67. The van der Waals surface area contributed by atoms with Crippen molar-refractivity contribution >= 4 is 29.3 Å². The number of nitrogens with zero attached hydrogens (tertiary/aromatic N) is 2. The van der Waals surface area contributed by atoms with Gasteiger partial charge >= 0.3 is 12.1 Å². The fourth-order valence-corrected chi connectivity index (χ4v) is 4.46. The fraction of sp³-hybridized carbons (Fsp3) is 0.364. The zero-order valence-corrected chi connectivity index (χ0v) is 19.0. The first-order valence-corrected chi connectivity index (χ1v) is 11.0. The molecular weight excluding hydrogens is 477 g/mol. The van der Waals surface area contributed by atoms with E-state index in [0.29, 0.717) is 19.2 Å². The minimum atomic E-state index is -4.74. The van der Waals surface area contributed by atoms with Crippen molar-refractivity contribution in [2.45, 2.75) is 42.0 Å². The van der Waals surface area contributed by atoms with Crippen LogP contribution in [-0.4, -0.2) is 53.6 Å². The third-order valence-corrected chi connectivity index (χ3v) is 6.05. The van der Waals surface area contributed by atoms with Gasteiger partial charge in [-0.15, -0.1) is 0 Å². The lowest BCUT2D eigenvalue weighted by atomic mass is 10.2. The fourth-order valence-electron chi connectivity index (χ4n) is 3.44. The van der Waals surface area contributed by atoms with Crippen LogP contribution in [0.15, 0.2) is 52.3 Å². The van der Waals surface area contributed by atoms with Crippen molar-refractivity contribution in [1.82, 2.24) is 4.90 Å². The summed E-state index contributed by atoms with van der Waals surface area (Å²) in [6.45, 7) is 3.89. The van der Waals surface area contributed by atoms with Crippen molar-refractivity contribution in [3.63, 3.8) is 0 Å². The van der Waals surface area contributed by atoms with Crippen molar-refractivity contribution in [1.29, 1.82) is 0 Å². The van der Waals surface area contributed by atoms with Crippen LogP contribution in [0.5, 0.6) is 0 Å². The molecule has 1 heterocycles. The van der Waals surface area contributed by atoms with E-state index >= 15 is 0 Å². The van der Waals surface area contributed by atoms with Gasteiger partial charge in [-0.2, -0.15) is 13.2 Å². The number of amides is 1. The highest BCUT2D eigenvalue weighted by Crippen LogP contribution is 2.40. The number of hydrogen-bond donors (Lipinski definition) is 0. The number of halogens is 3. The second-order valence-corrected chi connectivity index (χ2v) is 8.75. The Morgan fingerprint density at radius 2 is 1.79 bits per heavy atom. The first kappa shape index (κ1) is 25.5. The third-order valence-electron chi connectivity index (χ3n) is 4.91. The molecule has 0 aliphatic carbocycles. The van der Waals surface area contributed by atoms with Gasteiger partial charge in [0.25, 0.3) is 11.6 Å². The predicted molar refractivity (Wildman–Crippen MR) is 116 cm³/mol. The average molecular weight is 498 g/mol. The number of nitro groups is 1. The summed E-state index contributed by atoms with van der Waals surface area (Å²) >= 11 is 0.758. The number of rotatable bonds is 6. The Bertz CT molecular complexity index is 1080. The van der Waals surface area contributed by atoms with Gasteiger partial charge in [0.05, 0.1) is 33.2 Å². The van der Waals surface area contributed by atoms with E-state index in [9.17, 15) is 32.9 Å². The highest BCUT2D eigenvalue weighted by Gasteiger charge is 2.33. The Morgan fingerprint density at radius 1 is 1.15 bits per heavy atom. The molecule has 2 aromatic carbocycles. The molecule has 0 aromatic heterocycles. The van der Waals surface area contributed by atoms with Crippen LogP contribution in [0.2, 0.25) is 0 Å². The Hall–Kier alpha value is -3.12. The lowest BCUT2D eigenvalue weighted by molar-refractivity contribution is -0.388. The summed E-state index contributed by atoms with van der Waals surface area (Å²) in [5.74, 6) is -1.22. The molecule has 3 rings (SSSR count). The number of carbonyl (C=O) groups is 2. The van der Waals surface area contributed by atoms with Gasteiger partial charge in [-0.3, -0.25) is 14.9 Å². The molecule has 0 bridgehead atoms. The lowest BCUT2D eigenvalue weighted by Gasteiger charge is -2.35. The van der Waals surface area contributed by atoms with E-state index in [-0.39, 0.29) is 33.5 Å². The molecule has 0 saturated carbocycles. The Labute approximate surface area is 197 Å². The highest BCUT2D eigenvalue weighted by molar-refractivity contribution is 7.99. The quantitative estimate of drug-likeness (QED) is 0.327. The van der Waals surface area contributed by atoms with Gasteiger partial charge in [0.15, 0.2) is 6.61 Å². The van der Waals surface area contributed by atoms with Crippen molar-refractivity contribution < 1.29 is 37.2 Å². The van der Waals surface area contributed by atoms with Crippen molar-refractivity contribution in [3.05, 3.63) is 63.7 Å². The van der Waals surface area contributed by atoms with Crippen molar-refractivity contribution in [3.8, 4) is 0 Å². The molecule has 1 aliphatic heterocycles. The van der Waals surface area contributed by atoms with Crippen LogP contribution in [0, 0.1) is 10.1 Å². The maximum atomic E-state index is 13.0. The van der Waals surface area contributed by atoms with E-state index in [2.05, 4.69) is 0 Å². The van der Waals surface area contributed by atoms with Gasteiger partial charge in [-0.25, -0.2) is 4.79 Å². The smallest absolute Gasteiger partial charge is 0.416 e. The second kappa shape index (κ2) is 10.4. The highest BCUT2D eigenvalue weighted by atomic mass is 32.2. The van der Waals surface area contributed by atoms with E-state index < -0.39 is 34.9 Å². The van der Waals surface area contributed by atoms with E-state index in [4.69, 9.17) is 9.47 Å². The number of hydrogen-bond acceptors (Lipinski definition) is 7. The van der Waals surface area contributed by atoms with Crippen LogP contribution in [0.4, 0.5) is 18.9 Å². The molecule has 182 valence electrons. The normalized spacial score (nSPS) is 18.4.